The number of unbranched alkanes of at least 4 members (excludes halogenated alkanes) is 7. The van der Waals surface area contributed by atoms with Crippen LogP contribution in [0.4, 0.5) is 0 Å². The lowest BCUT2D eigenvalue weighted by Crippen LogP contribution is -1.77. The van der Waals surface area contributed by atoms with Crippen molar-refractivity contribution < 1.29 is 4.79 Å². The molecule has 0 saturated heterocycles. The van der Waals surface area contributed by atoms with E-state index < -0.39 is 0 Å². The number of aldehydes is 1. The van der Waals surface area contributed by atoms with Crippen molar-refractivity contribution in [2.45, 2.75) is 72.1 Å². The van der Waals surface area contributed by atoms with E-state index >= 15 is 0 Å². The van der Waals surface area contributed by atoms with Crippen LogP contribution in [0.3, 0.4) is 0 Å². The quantitative estimate of drug-likeness (QED) is 0.426. The first-order valence-corrected chi connectivity index (χ1v) is 5.73. The van der Waals surface area contributed by atoms with Gasteiger partial charge in [-0.3, -0.25) is 0 Å². The maximum atomic E-state index is 8.81. The van der Waals surface area contributed by atoms with Crippen molar-refractivity contribution in [1.29, 1.82) is 0 Å². The third kappa shape index (κ3) is 24.5. The lowest BCUT2D eigenvalue weighted by Gasteiger charge is -1.97. The fourth-order valence-electron chi connectivity index (χ4n) is 1.21. The van der Waals surface area contributed by atoms with Gasteiger partial charge in [-0.15, -0.1) is 0 Å². The maximum Gasteiger partial charge on any atom is 0.116 e. The van der Waals surface area contributed by atoms with Gasteiger partial charge >= 0.3 is 0 Å². The van der Waals surface area contributed by atoms with Crippen LogP contribution in [0.5, 0.6) is 0 Å². The number of hydrogen-bond acceptors (Lipinski definition) is 1. The van der Waals surface area contributed by atoms with Crippen molar-refractivity contribution in [2.24, 2.45) is 0 Å². The Morgan fingerprint density at radius 1 is 0.769 bits per heavy atom. The van der Waals surface area contributed by atoms with Gasteiger partial charge in [-0.25, -0.2) is 0 Å². The SMILES string of the molecule is CC=O.CCCCCCCCCC. The molecule has 0 amide bonds. The minimum Gasteiger partial charge on any atom is -0.304 e. The summed E-state index contributed by atoms with van der Waals surface area (Å²) >= 11 is 0. The topological polar surface area (TPSA) is 17.1 Å². The van der Waals surface area contributed by atoms with Gasteiger partial charge in [0.25, 0.3) is 0 Å². The largest absolute Gasteiger partial charge is 0.304 e. The Bertz CT molecular complexity index is 71.2. The molecule has 0 bridgehead atoms. The lowest BCUT2D eigenvalue weighted by atomic mass is 10.1. The molecule has 0 aromatic heterocycles. The normalized spacial score (nSPS) is 8.85. The monoisotopic (exact) mass is 186 g/mol. The molecule has 0 aliphatic rings. The second-order valence-corrected chi connectivity index (χ2v) is 3.36. The molecule has 0 spiro atoms. The van der Waals surface area contributed by atoms with Gasteiger partial charge in [0, 0.05) is 0 Å². The van der Waals surface area contributed by atoms with Crippen LogP contribution in [0.15, 0.2) is 0 Å². The Morgan fingerprint density at radius 3 is 1.23 bits per heavy atom. The molecule has 0 unspecified atom stereocenters. The van der Waals surface area contributed by atoms with Crippen molar-refractivity contribution in [3.63, 3.8) is 0 Å². The van der Waals surface area contributed by atoms with Crippen LogP contribution in [0.25, 0.3) is 0 Å². The number of rotatable bonds is 7. The van der Waals surface area contributed by atoms with Crippen LogP contribution in [-0.2, 0) is 4.79 Å². The summed E-state index contributed by atoms with van der Waals surface area (Å²) in [7, 11) is 0. The molecule has 0 radical (unpaired) electrons. The molecule has 0 N–H and O–H groups in total. The van der Waals surface area contributed by atoms with Crippen LogP contribution in [-0.4, -0.2) is 6.29 Å². The molecule has 1 nitrogen and oxygen atoms in total. The Balaban J connectivity index is 0. The Morgan fingerprint density at radius 2 is 1.00 bits per heavy atom. The molecular formula is C12H26O. The summed E-state index contributed by atoms with van der Waals surface area (Å²) in [5.41, 5.74) is 0. The van der Waals surface area contributed by atoms with E-state index in [1.165, 1.54) is 58.3 Å². The zero-order valence-electron chi connectivity index (χ0n) is 9.64. The summed E-state index contributed by atoms with van der Waals surface area (Å²) in [6, 6.07) is 0. The first-order valence-electron chi connectivity index (χ1n) is 5.73. The van der Waals surface area contributed by atoms with E-state index in [4.69, 9.17) is 4.79 Å². The van der Waals surface area contributed by atoms with Crippen LogP contribution in [0.1, 0.15) is 72.1 Å². The Kier molecular flexibility index (Phi) is 20.6. The van der Waals surface area contributed by atoms with Gasteiger partial charge in [0.05, 0.1) is 0 Å². The first kappa shape index (κ1) is 15.2. The summed E-state index contributed by atoms with van der Waals surface area (Å²) in [4.78, 5) is 8.81. The van der Waals surface area contributed by atoms with E-state index in [0.717, 1.165) is 6.29 Å². The number of hydrogen-bond donors (Lipinski definition) is 0. The van der Waals surface area contributed by atoms with Gasteiger partial charge < -0.3 is 4.79 Å². The summed E-state index contributed by atoms with van der Waals surface area (Å²) in [6.45, 7) is 5.98. The highest BCUT2D eigenvalue weighted by Gasteiger charge is 1.87. The highest BCUT2D eigenvalue weighted by Crippen LogP contribution is 2.07. The van der Waals surface area contributed by atoms with E-state index in [0.29, 0.717) is 0 Å². The Hall–Kier alpha value is -0.330. The minimum absolute atomic E-state index is 0.750. The third-order valence-corrected chi connectivity index (χ3v) is 1.96. The van der Waals surface area contributed by atoms with Crippen LogP contribution < -0.4 is 0 Å². The minimum atomic E-state index is 0.750. The lowest BCUT2D eigenvalue weighted by molar-refractivity contribution is -0.106. The van der Waals surface area contributed by atoms with Crippen molar-refractivity contribution in [1.82, 2.24) is 0 Å². The summed E-state index contributed by atoms with van der Waals surface area (Å²) in [6.07, 6.45) is 12.2. The predicted molar refractivity (Wildman–Crippen MR) is 60.0 cm³/mol. The third-order valence-electron chi connectivity index (χ3n) is 1.96. The molecule has 0 rings (SSSR count). The second kappa shape index (κ2) is 17.7. The highest BCUT2D eigenvalue weighted by molar-refractivity contribution is 5.44. The van der Waals surface area contributed by atoms with Gasteiger partial charge in [-0.05, 0) is 6.92 Å². The van der Waals surface area contributed by atoms with Crippen LogP contribution in [0.2, 0.25) is 0 Å². The maximum absolute atomic E-state index is 8.81. The van der Waals surface area contributed by atoms with Crippen LogP contribution >= 0.6 is 0 Å². The van der Waals surface area contributed by atoms with Gasteiger partial charge in [0.1, 0.15) is 6.29 Å². The van der Waals surface area contributed by atoms with E-state index in [-0.39, 0.29) is 0 Å². The highest BCUT2D eigenvalue weighted by atomic mass is 16.1. The number of carbonyl (C=O) groups excluding carboxylic acids is 1. The second-order valence-electron chi connectivity index (χ2n) is 3.36. The fraction of sp³-hybridized carbons (Fsp3) is 0.917. The average Bonchev–Trinajstić information content (AvgIpc) is 2.13. The molecule has 0 aliphatic heterocycles. The van der Waals surface area contributed by atoms with Crippen molar-refractivity contribution in [2.75, 3.05) is 0 Å². The zero-order chi connectivity index (χ0) is 10.4. The van der Waals surface area contributed by atoms with E-state index in [1.54, 1.807) is 0 Å². The molecule has 0 aromatic rings. The van der Waals surface area contributed by atoms with Gasteiger partial charge in [-0.2, -0.15) is 0 Å². The van der Waals surface area contributed by atoms with Crippen molar-refractivity contribution in [3.8, 4) is 0 Å². The van der Waals surface area contributed by atoms with Gasteiger partial charge in [0.2, 0.25) is 0 Å². The fourth-order valence-corrected chi connectivity index (χ4v) is 1.21. The van der Waals surface area contributed by atoms with E-state index in [9.17, 15) is 0 Å². The molecule has 0 fully saturated rings. The van der Waals surface area contributed by atoms with E-state index in [1.807, 2.05) is 0 Å². The molecule has 0 aromatic carbocycles. The van der Waals surface area contributed by atoms with E-state index in [2.05, 4.69) is 13.8 Å². The molecule has 0 atom stereocenters. The standard InChI is InChI=1S/C10H22.C2H4O/c1-3-5-7-9-10-8-6-4-2;1-2-3/h3-10H2,1-2H3;2H,1H3. The molecule has 80 valence electrons. The molecule has 0 saturated carbocycles. The summed E-state index contributed by atoms with van der Waals surface area (Å²) in [5.74, 6) is 0. The van der Waals surface area contributed by atoms with Crippen LogP contribution in [0, 0.1) is 0 Å². The molecular weight excluding hydrogens is 160 g/mol. The first-order chi connectivity index (χ1) is 6.33. The van der Waals surface area contributed by atoms with Gasteiger partial charge in [0.15, 0.2) is 0 Å². The zero-order valence-corrected chi connectivity index (χ0v) is 9.64. The van der Waals surface area contributed by atoms with Crippen molar-refractivity contribution in [3.05, 3.63) is 0 Å². The predicted octanol–water partition coefficient (Wildman–Crippen LogP) is 4.35. The summed E-state index contributed by atoms with van der Waals surface area (Å²) in [5, 5.41) is 0. The van der Waals surface area contributed by atoms with Crippen molar-refractivity contribution >= 4 is 6.29 Å². The molecule has 1 heteroatoms. The average molecular weight is 186 g/mol. The summed E-state index contributed by atoms with van der Waals surface area (Å²) < 4.78 is 0. The van der Waals surface area contributed by atoms with Gasteiger partial charge in [-0.1, -0.05) is 65.2 Å². The molecule has 13 heavy (non-hydrogen) atoms. The smallest absolute Gasteiger partial charge is 0.116 e. The number of carbonyl (C=O) groups is 1. The molecule has 0 heterocycles. The Labute approximate surface area is 83.9 Å². The molecule has 0 aliphatic carbocycles.